The molecule has 0 saturated heterocycles. The maximum absolute atomic E-state index is 12.4. The zero-order valence-electron chi connectivity index (χ0n) is 15.7. The number of carbonyl (C=O) groups is 1. The molecule has 3 aromatic rings. The highest BCUT2D eigenvalue weighted by molar-refractivity contribution is 6.30. The molecule has 0 spiro atoms. The first-order chi connectivity index (χ1) is 13.0. The highest BCUT2D eigenvalue weighted by atomic mass is 35.5. The van der Waals surface area contributed by atoms with Crippen LogP contribution in [0.25, 0.3) is 5.65 Å². The van der Waals surface area contributed by atoms with Crippen LogP contribution in [-0.4, -0.2) is 28.5 Å². The topological polar surface area (TPSA) is 46.8 Å². The Morgan fingerprint density at radius 3 is 2.96 bits per heavy atom. The summed E-state index contributed by atoms with van der Waals surface area (Å²) in [5.41, 5.74) is 5.52. The molecule has 140 valence electrons. The predicted molar refractivity (Wildman–Crippen MR) is 107 cm³/mol. The second-order valence-corrected chi connectivity index (χ2v) is 7.25. The minimum absolute atomic E-state index is 0.168. The van der Waals surface area contributed by atoms with E-state index in [0.717, 1.165) is 29.3 Å². The Labute approximate surface area is 163 Å². The Morgan fingerprint density at radius 1 is 1.37 bits per heavy atom. The van der Waals surface area contributed by atoms with Crippen molar-refractivity contribution in [3.8, 4) is 0 Å². The number of anilines is 1. The summed E-state index contributed by atoms with van der Waals surface area (Å²) >= 11 is 6.23. The van der Waals surface area contributed by atoms with E-state index in [1.807, 2.05) is 29.7 Å². The van der Waals surface area contributed by atoms with Crippen LogP contribution in [-0.2, 0) is 11.2 Å². The van der Waals surface area contributed by atoms with Crippen molar-refractivity contribution in [2.24, 2.45) is 0 Å². The zero-order chi connectivity index (χ0) is 19.1. The summed E-state index contributed by atoms with van der Waals surface area (Å²) in [6.07, 6.45) is 2.81. The van der Waals surface area contributed by atoms with E-state index >= 15 is 0 Å². The van der Waals surface area contributed by atoms with Gasteiger partial charge in [0, 0.05) is 17.8 Å². The summed E-state index contributed by atoms with van der Waals surface area (Å²) in [6, 6.07) is 10.3. The summed E-state index contributed by atoms with van der Waals surface area (Å²) < 4.78 is 7.05. The number of benzene rings is 1. The maximum atomic E-state index is 12.4. The molecule has 5 nitrogen and oxygen atoms in total. The van der Waals surface area contributed by atoms with Gasteiger partial charge in [0.1, 0.15) is 0 Å². The second kappa shape index (κ2) is 6.89. The monoisotopic (exact) mass is 383 g/mol. The van der Waals surface area contributed by atoms with Crippen LogP contribution in [0, 0.1) is 6.92 Å². The molecule has 4 rings (SSSR count). The Balaban J connectivity index is 1.81. The number of hydrogen-bond donors (Lipinski definition) is 0. The van der Waals surface area contributed by atoms with Gasteiger partial charge in [0.2, 0.25) is 0 Å². The average Bonchev–Trinajstić information content (AvgIpc) is 2.99. The van der Waals surface area contributed by atoms with Gasteiger partial charge in [-0.3, -0.25) is 4.40 Å². The molecular weight excluding hydrogens is 362 g/mol. The SMILES string of the molecule is CCOC(=O)c1c(C)nc2c(N3CCc4ccc(Cl)cc4C3C)cccn12. The predicted octanol–water partition coefficient (Wildman–Crippen LogP) is 4.60. The van der Waals surface area contributed by atoms with Crippen molar-refractivity contribution in [3.63, 3.8) is 0 Å². The number of rotatable bonds is 3. The average molecular weight is 384 g/mol. The fraction of sp³-hybridized carbons (Fsp3) is 0.333. The van der Waals surface area contributed by atoms with Crippen LogP contribution in [0.1, 0.15) is 47.2 Å². The first-order valence-corrected chi connectivity index (χ1v) is 9.58. The molecule has 1 aliphatic heterocycles. The van der Waals surface area contributed by atoms with Gasteiger partial charge in [-0.05, 0) is 62.6 Å². The van der Waals surface area contributed by atoms with Gasteiger partial charge in [0.25, 0.3) is 0 Å². The molecule has 1 aromatic carbocycles. The summed E-state index contributed by atoms with van der Waals surface area (Å²) in [6.45, 7) is 7.06. The second-order valence-electron chi connectivity index (χ2n) is 6.82. The highest BCUT2D eigenvalue weighted by Gasteiger charge is 2.27. The van der Waals surface area contributed by atoms with Gasteiger partial charge in [-0.2, -0.15) is 0 Å². The molecule has 0 radical (unpaired) electrons. The lowest BCUT2D eigenvalue weighted by Crippen LogP contribution is -2.34. The van der Waals surface area contributed by atoms with Gasteiger partial charge in [-0.1, -0.05) is 17.7 Å². The fourth-order valence-corrected chi connectivity index (χ4v) is 4.13. The van der Waals surface area contributed by atoms with Crippen LogP contribution in [0.15, 0.2) is 36.5 Å². The third-order valence-corrected chi connectivity index (χ3v) is 5.46. The molecule has 0 bridgehead atoms. The number of imidazole rings is 1. The first-order valence-electron chi connectivity index (χ1n) is 9.21. The van der Waals surface area contributed by atoms with E-state index in [0.29, 0.717) is 18.0 Å². The number of carbonyl (C=O) groups excluding carboxylic acids is 1. The van der Waals surface area contributed by atoms with Crippen molar-refractivity contribution in [2.75, 3.05) is 18.1 Å². The van der Waals surface area contributed by atoms with Crippen molar-refractivity contribution >= 4 is 28.9 Å². The summed E-state index contributed by atoms with van der Waals surface area (Å²) in [4.78, 5) is 19.4. The summed E-state index contributed by atoms with van der Waals surface area (Å²) in [7, 11) is 0. The van der Waals surface area contributed by atoms with Gasteiger partial charge in [0.15, 0.2) is 11.3 Å². The lowest BCUT2D eigenvalue weighted by Gasteiger charge is -2.37. The Bertz CT molecular complexity index is 1030. The number of esters is 1. The van der Waals surface area contributed by atoms with Gasteiger partial charge in [-0.25, -0.2) is 9.78 Å². The first kappa shape index (κ1) is 17.9. The summed E-state index contributed by atoms with van der Waals surface area (Å²) in [5.74, 6) is -0.344. The van der Waals surface area contributed by atoms with Crippen molar-refractivity contribution in [1.29, 1.82) is 0 Å². The van der Waals surface area contributed by atoms with E-state index in [9.17, 15) is 4.79 Å². The normalized spacial score (nSPS) is 16.4. The number of hydrogen-bond acceptors (Lipinski definition) is 4. The van der Waals surface area contributed by atoms with Crippen molar-refractivity contribution < 1.29 is 9.53 Å². The van der Waals surface area contributed by atoms with Crippen LogP contribution < -0.4 is 4.90 Å². The fourth-order valence-electron chi connectivity index (χ4n) is 3.95. The van der Waals surface area contributed by atoms with Gasteiger partial charge in [0.05, 0.1) is 24.0 Å². The number of pyridine rings is 1. The number of aryl methyl sites for hydroxylation is 1. The van der Waals surface area contributed by atoms with E-state index in [2.05, 4.69) is 30.0 Å². The lowest BCUT2D eigenvalue weighted by atomic mass is 9.93. The molecule has 3 heterocycles. The quantitative estimate of drug-likeness (QED) is 0.620. The number of fused-ring (bicyclic) bond motifs is 2. The summed E-state index contributed by atoms with van der Waals surface area (Å²) in [5, 5.41) is 0.752. The largest absolute Gasteiger partial charge is 0.461 e. The van der Waals surface area contributed by atoms with Crippen LogP contribution >= 0.6 is 11.6 Å². The van der Waals surface area contributed by atoms with Crippen molar-refractivity contribution in [2.45, 2.75) is 33.2 Å². The van der Waals surface area contributed by atoms with Crippen LogP contribution in [0.3, 0.4) is 0 Å². The number of halogens is 1. The lowest BCUT2D eigenvalue weighted by molar-refractivity contribution is 0.0517. The molecule has 0 aliphatic carbocycles. The zero-order valence-corrected chi connectivity index (χ0v) is 16.5. The van der Waals surface area contributed by atoms with Crippen molar-refractivity contribution in [1.82, 2.24) is 9.38 Å². The molecule has 2 aromatic heterocycles. The Morgan fingerprint density at radius 2 is 2.19 bits per heavy atom. The molecule has 0 saturated carbocycles. The van der Waals surface area contributed by atoms with Gasteiger partial charge < -0.3 is 9.64 Å². The third kappa shape index (κ3) is 2.96. The highest BCUT2D eigenvalue weighted by Crippen LogP contribution is 2.36. The number of aromatic nitrogens is 2. The molecule has 1 unspecified atom stereocenters. The van der Waals surface area contributed by atoms with E-state index in [1.54, 1.807) is 6.92 Å². The standard InChI is InChI=1S/C21H22ClN3O2/c1-4-27-21(26)19-13(2)23-20-18(6-5-10-25(19)20)24-11-9-15-7-8-16(22)12-17(15)14(24)3/h5-8,10,12,14H,4,9,11H2,1-3H3. The molecule has 1 aliphatic rings. The van der Waals surface area contributed by atoms with Crippen LogP contribution in [0.5, 0.6) is 0 Å². The van der Waals surface area contributed by atoms with E-state index in [4.69, 9.17) is 21.3 Å². The smallest absolute Gasteiger partial charge is 0.357 e. The maximum Gasteiger partial charge on any atom is 0.357 e. The van der Waals surface area contributed by atoms with E-state index < -0.39 is 0 Å². The van der Waals surface area contributed by atoms with Crippen LogP contribution in [0.4, 0.5) is 5.69 Å². The van der Waals surface area contributed by atoms with Gasteiger partial charge >= 0.3 is 5.97 Å². The molecule has 0 fully saturated rings. The third-order valence-electron chi connectivity index (χ3n) is 5.23. The van der Waals surface area contributed by atoms with E-state index in [-0.39, 0.29) is 12.0 Å². The minimum Gasteiger partial charge on any atom is -0.461 e. The molecule has 1 atom stereocenters. The number of nitrogens with zero attached hydrogens (tertiary/aromatic N) is 3. The molecule has 0 amide bonds. The van der Waals surface area contributed by atoms with Crippen LogP contribution in [0.2, 0.25) is 5.02 Å². The Hall–Kier alpha value is -2.53. The molecule has 27 heavy (non-hydrogen) atoms. The molecular formula is C21H22ClN3O2. The molecule has 0 N–H and O–H groups in total. The van der Waals surface area contributed by atoms with Crippen molar-refractivity contribution in [3.05, 3.63) is 64.1 Å². The van der Waals surface area contributed by atoms with E-state index in [1.165, 1.54) is 11.1 Å². The molecule has 6 heteroatoms. The Kier molecular flexibility index (Phi) is 4.56. The van der Waals surface area contributed by atoms with Gasteiger partial charge in [-0.15, -0.1) is 0 Å². The number of ether oxygens (including phenoxy) is 1. The minimum atomic E-state index is -0.344.